The fraction of sp³-hybridized carbons (Fsp3) is 0.263. The van der Waals surface area contributed by atoms with Gasteiger partial charge in [0.25, 0.3) is 11.8 Å². The maximum atomic E-state index is 12.2. The number of halogens is 1. The topological polar surface area (TPSA) is 74.8 Å². The lowest BCUT2D eigenvalue weighted by Crippen LogP contribution is -2.86. The van der Waals surface area contributed by atoms with Gasteiger partial charge in [-0.05, 0) is 38.1 Å². The second-order valence-electron chi connectivity index (χ2n) is 5.74. The molecule has 2 amide bonds. The molecule has 0 spiro atoms. The average Bonchev–Trinajstić information content (AvgIpc) is 2.60. The van der Waals surface area contributed by atoms with E-state index in [9.17, 15) is 9.59 Å². The van der Waals surface area contributed by atoms with Gasteiger partial charge in [0.15, 0.2) is 6.54 Å². The van der Waals surface area contributed by atoms with E-state index in [0.29, 0.717) is 22.8 Å². The third kappa shape index (κ3) is 5.59. The summed E-state index contributed by atoms with van der Waals surface area (Å²) in [5, 5.41) is 8.17. The Labute approximate surface area is 152 Å². The van der Waals surface area contributed by atoms with Crippen LogP contribution in [0.3, 0.4) is 0 Å². The highest BCUT2D eigenvalue weighted by Gasteiger charge is 2.14. The quantitative estimate of drug-likeness (QED) is 0.709. The van der Waals surface area contributed by atoms with Gasteiger partial charge in [-0.1, -0.05) is 35.9 Å². The van der Waals surface area contributed by atoms with Crippen molar-refractivity contribution in [2.24, 2.45) is 0 Å². The van der Waals surface area contributed by atoms with Gasteiger partial charge in [-0.3, -0.25) is 9.59 Å². The van der Waals surface area contributed by atoms with E-state index in [-0.39, 0.29) is 24.4 Å². The van der Waals surface area contributed by atoms with Crippen LogP contribution in [0, 0.1) is 0 Å². The fourth-order valence-corrected chi connectivity index (χ4v) is 2.78. The van der Waals surface area contributed by atoms with Crippen LogP contribution in [0.4, 0.5) is 5.69 Å². The van der Waals surface area contributed by atoms with E-state index in [2.05, 4.69) is 10.6 Å². The molecule has 2 rings (SSSR count). The van der Waals surface area contributed by atoms with Crippen molar-refractivity contribution in [2.75, 3.05) is 18.4 Å². The molecule has 2 aromatic rings. The largest absolute Gasteiger partial charge is 0.352 e. The van der Waals surface area contributed by atoms with Gasteiger partial charge in [-0.2, -0.15) is 0 Å². The molecule has 6 heteroatoms. The van der Waals surface area contributed by atoms with E-state index in [1.54, 1.807) is 24.3 Å². The summed E-state index contributed by atoms with van der Waals surface area (Å²) in [5.41, 5.74) is 2.12. The van der Waals surface area contributed by atoms with E-state index in [0.717, 1.165) is 5.56 Å². The molecule has 0 heterocycles. The zero-order valence-corrected chi connectivity index (χ0v) is 15.1. The second kappa shape index (κ2) is 9.20. The van der Waals surface area contributed by atoms with Crippen LogP contribution < -0.4 is 16.0 Å². The van der Waals surface area contributed by atoms with Crippen molar-refractivity contribution in [3.05, 3.63) is 64.7 Å². The van der Waals surface area contributed by atoms with Crippen molar-refractivity contribution in [3.63, 3.8) is 0 Å². The molecular formula is C19H23ClN3O2+. The zero-order chi connectivity index (χ0) is 18.2. The summed E-state index contributed by atoms with van der Waals surface area (Å²) in [6.07, 6.45) is 0. The molecule has 0 aromatic heterocycles. The number of amides is 2. The average molecular weight is 361 g/mol. The van der Waals surface area contributed by atoms with Crippen molar-refractivity contribution in [1.29, 1.82) is 0 Å². The van der Waals surface area contributed by atoms with Gasteiger partial charge in [0.2, 0.25) is 0 Å². The summed E-state index contributed by atoms with van der Waals surface area (Å²) in [6.45, 7) is 4.69. The number of nitrogens with two attached hydrogens (primary N) is 1. The van der Waals surface area contributed by atoms with Crippen LogP contribution in [-0.4, -0.2) is 24.9 Å². The van der Waals surface area contributed by atoms with Gasteiger partial charge in [0.05, 0.1) is 0 Å². The van der Waals surface area contributed by atoms with Crippen LogP contribution in [0.25, 0.3) is 0 Å². The number of carbonyl (C=O) groups is 2. The summed E-state index contributed by atoms with van der Waals surface area (Å²) in [7, 11) is 0. The molecule has 0 saturated carbocycles. The number of anilines is 1. The molecule has 0 bridgehead atoms. The molecule has 4 N–H and O–H groups in total. The van der Waals surface area contributed by atoms with Gasteiger partial charge in [0.1, 0.15) is 6.04 Å². The van der Waals surface area contributed by atoms with Gasteiger partial charge in [-0.25, -0.2) is 0 Å². The number of carbonyl (C=O) groups excluding carboxylic acids is 2. The normalized spacial score (nSPS) is 11.6. The highest BCUT2D eigenvalue weighted by molar-refractivity contribution is 6.31. The van der Waals surface area contributed by atoms with Crippen molar-refractivity contribution in [1.82, 2.24) is 5.32 Å². The number of rotatable bonds is 7. The first-order chi connectivity index (χ1) is 12.0. The molecule has 0 aliphatic rings. The van der Waals surface area contributed by atoms with E-state index < -0.39 is 0 Å². The molecule has 132 valence electrons. The maximum Gasteiger partial charge on any atom is 0.279 e. The van der Waals surface area contributed by atoms with Crippen LogP contribution in [0.2, 0.25) is 5.02 Å². The molecule has 0 aliphatic carbocycles. The van der Waals surface area contributed by atoms with E-state index >= 15 is 0 Å². The summed E-state index contributed by atoms with van der Waals surface area (Å²) in [6, 6.07) is 14.6. The first kappa shape index (κ1) is 19.0. The number of hydrogen-bond acceptors (Lipinski definition) is 2. The molecule has 0 unspecified atom stereocenters. The van der Waals surface area contributed by atoms with Crippen LogP contribution >= 0.6 is 11.6 Å². The number of hydrogen-bond donors (Lipinski definition) is 3. The Morgan fingerprint density at radius 3 is 2.64 bits per heavy atom. The Balaban J connectivity index is 1.91. The van der Waals surface area contributed by atoms with Gasteiger partial charge in [-0.15, -0.1) is 0 Å². The lowest BCUT2D eigenvalue weighted by Gasteiger charge is -2.13. The van der Waals surface area contributed by atoms with Crippen molar-refractivity contribution in [3.8, 4) is 0 Å². The van der Waals surface area contributed by atoms with Crippen molar-refractivity contribution < 1.29 is 14.9 Å². The third-order valence-corrected chi connectivity index (χ3v) is 4.14. The number of benzene rings is 2. The zero-order valence-electron chi connectivity index (χ0n) is 14.4. The number of nitrogens with one attached hydrogen (secondary N) is 2. The smallest absolute Gasteiger partial charge is 0.279 e. The molecule has 25 heavy (non-hydrogen) atoms. The lowest BCUT2D eigenvalue weighted by molar-refractivity contribution is -0.682. The lowest BCUT2D eigenvalue weighted by atomic mass is 10.1. The molecule has 2 aromatic carbocycles. The highest BCUT2D eigenvalue weighted by Crippen LogP contribution is 2.19. The predicted octanol–water partition coefficient (Wildman–Crippen LogP) is 2.35. The van der Waals surface area contributed by atoms with Crippen LogP contribution in [0.5, 0.6) is 0 Å². The maximum absolute atomic E-state index is 12.2. The Morgan fingerprint density at radius 2 is 1.92 bits per heavy atom. The number of quaternary nitrogens is 1. The molecule has 0 fully saturated rings. The molecule has 0 saturated heterocycles. The minimum Gasteiger partial charge on any atom is -0.352 e. The van der Waals surface area contributed by atoms with Crippen LogP contribution in [0.1, 0.15) is 35.8 Å². The summed E-state index contributed by atoms with van der Waals surface area (Å²) >= 11 is 6.18. The van der Waals surface area contributed by atoms with Crippen LogP contribution in [0.15, 0.2) is 48.5 Å². The first-order valence-corrected chi connectivity index (χ1v) is 8.65. The van der Waals surface area contributed by atoms with Crippen LogP contribution in [-0.2, 0) is 4.79 Å². The van der Waals surface area contributed by atoms with E-state index in [1.807, 2.05) is 43.4 Å². The molecule has 1 atom stereocenters. The van der Waals surface area contributed by atoms with Crippen molar-refractivity contribution >= 4 is 29.1 Å². The standard InChI is InChI=1S/C19H22ClN3O2/c1-3-21-19(25)14-7-6-8-15(11-14)23-18(24)12-22-13(2)16-9-4-5-10-17(16)20/h4-11,13,22H,3,12H2,1-2H3,(H,21,25)(H,23,24)/p+1/t13-/m1/s1. The summed E-state index contributed by atoms with van der Waals surface area (Å²) < 4.78 is 0. The predicted molar refractivity (Wildman–Crippen MR) is 99.7 cm³/mol. The monoisotopic (exact) mass is 360 g/mol. The van der Waals surface area contributed by atoms with Gasteiger partial charge in [0, 0.05) is 28.4 Å². The highest BCUT2D eigenvalue weighted by atomic mass is 35.5. The van der Waals surface area contributed by atoms with Gasteiger partial charge >= 0.3 is 0 Å². The minimum absolute atomic E-state index is 0.0705. The Morgan fingerprint density at radius 1 is 1.16 bits per heavy atom. The molecule has 0 radical (unpaired) electrons. The SMILES string of the molecule is CCNC(=O)c1cccc(NC(=O)C[NH2+][C@H](C)c2ccccc2Cl)c1. The molecule has 5 nitrogen and oxygen atoms in total. The van der Waals surface area contributed by atoms with Crippen molar-refractivity contribution in [2.45, 2.75) is 19.9 Å². The second-order valence-corrected chi connectivity index (χ2v) is 6.15. The van der Waals surface area contributed by atoms with E-state index in [1.165, 1.54) is 0 Å². The van der Waals surface area contributed by atoms with Gasteiger partial charge < -0.3 is 16.0 Å². The third-order valence-electron chi connectivity index (χ3n) is 3.80. The fourth-order valence-electron chi connectivity index (χ4n) is 2.47. The molecular weight excluding hydrogens is 338 g/mol. The van der Waals surface area contributed by atoms with E-state index in [4.69, 9.17) is 11.6 Å². The summed E-state index contributed by atoms with van der Waals surface area (Å²) in [5.74, 6) is -0.288. The minimum atomic E-state index is -0.155. The Kier molecular flexibility index (Phi) is 6.98. The first-order valence-electron chi connectivity index (χ1n) is 8.27. The Hall–Kier alpha value is -2.37. The molecule has 0 aliphatic heterocycles. The Bertz CT molecular complexity index is 749. The summed E-state index contributed by atoms with van der Waals surface area (Å²) in [4.78, 5) is 24.0.